The summed E-state index contributed by atoms with van der Waals surface area (Å²) in [6, 6.07) is 8.92. The topological polar surface area (TPSA) is 97.9 Å². The van der Waals surface area contributed by atoms with Crippen LogP contribution in [-0.4, -0.2) is 37.8 Å². The zero-order valence-electron chi connectivity index (χ0n) is 17.5. The molecule has 32 heavy (non-hydrogen) atoms. The molecule has 2 rings (SSSR count). The summed E-state index contributed by atoms with van der Waals surface area (Å²) in [5, 5.41) is 2.36. The molecule has 8 nitrogen and oxygen atoms in total. The number of ether oxygens (including phenoxy) is 3. The number of aryl methyl sites for hydroxylation is 1. The molecule has 11 heteroatoms. The number of rotatable bonds is 7. The van der Waals surface area contributed by atoms with E-state index in [1.165, 1.54) is 13.2 Å². The Morgan fingerprint density at radius 1 is 1.06 bits per heavy atom. The van der Waals surface area contributed by atoms with Gasteiger partial charge >= 0.3 is 0 Å². The average molecular weight is 587 g/mol. The Morgan fingerprint density at radius 3 is 2.44 bits per heavy atom. The van der Waals surface area contributed by atoms with Crippen molar-refractivity contribution in [3.8, 4) is 17.2 Å². The lowest BCUT2D eigenvalue weighted by atomic mass is 10.2. The second-order valence-electron chi connectivity index (χ2n) is 6.26. The zero-order valence-corrected chi connectivity index (χ0v) is 21.4. The van der Waals surface area contributed by atoms with Gasteiger partial charge in [-0.15, -0.1) is 0 Å². The lowest BCUT2D eigenvalue weighted by Crippen LogP contribution is -2.49. The lowest BCUT2D eigenvalue weighted by Gasteiger charge is -2.13. The summed E-state index contributed by atoms with van der Waals surface area (Å²) in [7, 11) is 3.07. The van der Waals surface area contributed by atoms with Crippen LogP contribution in [0, 0.1) is 6.92 Å². The molecule has 0 radical (unpaired) electrons. The van der Waals surface area contributed by atoms with Crippen LogP contribution in [0.2, 0.25) is 0 Å². The fraction of sp³-hybridized carbons (Fsp3) is 0.190. The molecule has 2 aromatic carbocycles. The van der Waals surface area contributed by atoms with Crippen molar-refractivity contribution in [2.45, 2.75) is 6.92 Å². The molecule has 0 aliphatic heterocycles. The Morgan fingerprint density at radius 2 is 1.78 bits per heavy atom. The fourth-order valence-electron chi connectivity index (χ4n) is 2.49. The maximum absolute atomic E-state index is 12.0. The van der Waals surface area contributed by atoms with Crippen molar-refractivity contribution in [2.24, 2.45) is 0 Å². The van der Waals surface area contributed by atoms with E-state index in [1.807, 2.05) is 19.1 Å². The van der Waals surface area contributed by atoms with Crippen LogP contribution in [-0.2, 0) is 9.59 Å². The molecule has 0 bridgehead atoms. The molecule has 0 saturated heterocycles. The van der Waals surface area contributed by atoms with Crippen LogP contribution in [0.3, 0.4) is 0 Å². The summed E-state index contributed by atoms with van der Waals surface area (Å²) in [6.07, 6.45) is 2.89. The van der Waals surface area contributed by atoms with Gasteiger partial charge in [0.1, 0.15) is 5.75 Å². The minimum Gasteiger partial charge on any atom is -0.493 e. The van der Waals surface area contributed by atoms with Crippen molar-refractivity contribution in [2.75, 3.05) is 20.8 Å². The Labute approximate surface area is 207 Å². The molecule has 3 N–H and O–H groups in total. The number of carbonyl (C=O) groups excluding carboxylic acids is 2. The average Bonchev–Trinajstić information content (AvgIpc) is 2.75. The molecular formula is C21H21Br2N3O5S. The van der Waals surface area contributed by atoms with Crippen molar-refractivity contribution in [1.29, 1.82) is 0 Å². The number of hydrogen-bond donors (Lipinski definition) is 3. The molecule has 0 unspecified atom stereocenters. The molecule has 170 valence electrons. The number of hydrazine groups is 1. The van der Waals surface area contributed by atoms with Crippen LogP contribution in [0.25, 0.3) is 6.08 Å². The van der Waals surface area contributed by atoms with E-state index in [0.717, 1.165) is 15.6 Å². The highest BCUT2D eigenvalue weighted by Gasteiger charge is 2.10. The van der Waals surface area contributed by atoms with Crippen LogP contribution in [0.15, 0.2) is 45.4 Å². The number of hydrogen-bond acceptors (Lipinski definition) is 6. The number of benzene rings is 2. The SMILES string of the molecule is COc1ccc(C=CC(=O)NC(=S)NNC(=O)COc2c(C)cc(Br)cc2Br)cc1OC. The molecule has 0 heterocycles. The smallest absolute Gasteiger partial charge is 0.276 e. The molecule has 0 atom stereocenters. The van der Waals surface area contributed by atoms with Gasteiger partial charge in [0, 0.05) is 10.5 Å². The molecule has 2 amide bonds. The monoisotopic (exact) mass is 585 g/mol. The maximum atomic E-state index is 12.0. The van der Waals surface area contributed by atoms with Gasteiger partial charge in [0.15, 0.2) is 23.2 Å². The van der Waals surface area contributed by atoms with Crippen LogP contribution in [0.4, 0.5) is 0 Å². The van der Waals surface area contributed by atoms with Gasteiger partial charge in [0.2, 0.25) is 5.91 Å². The molecule has 2 aromatic rings. The lowest BCUT2D eigenvalue weighted by molar-refractivity contribution is -0.123. The van der Waals surface area contributed by atoms with E-state index in [2.05, 4.69) is 48.0 Å². The van der Waals surface area contributed by atoms with Crippen LogP contribution in [0.5, 0.6) is 17.2 Å². The molecular weight excluding hydrogens is 566 g/mol. The Hall–Kier alpha value is -2.63. The predicted octanol–water partition coefficient (Wildman–Crippen LogP) is 3.65. The molecule has 0 fully saturated rings. The zero-order chi connectivity index (χ0) is 23.7. The number of nitrogens with one attached hydrogen (secondary N) is 3. The normalized spacial score (nSPS) is 10.4. The first kappa shape index (κ1) is 25.6. The first-order chi connectivity index (χ1) is 15.2. The number of halogens is 2. The van der Waals surface area contributed by atoms with Gasteiger partial charge in [-0.25, -0.2) is 0 Å². The van der Waals surface area contributed by atoms with E-state index in [-0.39, 0.29) is 11.7 Å². The van der Waals surface area contributed by atoms with Gasteiger partial charge in [-0.05, 0) is 76.5 Å². The summed E-state index contributed by atoms with van der Waals surface area (Å²) < 4.78 is 17.5. The van der Waals surface area contributed by atoms with Gasteiger partial charge in [-0.2, -0.15) is 0 Å². The minimum absolute atomic E-state index is 0.0682. The van der Waals surface area contributed by atoms with Gasteiger partial charge in [-0.3, -0.25) is 25.8 Å². The quantitative estimate of drug-likeness (QED) is 0.259. The van der Waals surface area contributed by atoms with Gasteiger partial charge in [0.05, 0.1) is 18.7 Å². The van der Waals surface area contributed by atoms with E-state index in [1.54, 1.807) is 31.4 Å². The first-order valence-electron chi connectivity index (χ1n) is 9.11. The number of methoxy groups -OCH3 is 2. The molecule has 0 spiro atoms. The van der Waals surface area contributed by atoms with Gasteiger partial charge in [-0.1, -0.05) is 22.0 Å². The Balaban J connectivity index is 1.79. The minimum atomic E-state index is -0.475. The van der Waals surface area contributed by atoms with Crippen molar-refractivity contribution in [3.05, 3.63) is 56.5 Å². The molecule has 0 aliphatic rings. The number of carbonyl (C=O) groups is 2. The maximum Gasteiger partial charge on any atom is 0.276 e. The third-order valence-electron chi connectivity index (χ3n) is 3.93. The van der Waals surface area contributed by atoms with Gasteiger partial charge < -0.3 is 14.2 Å². The van der Waals surface area contributed by atoms with Crippen molar-refractivity contribution < 1.29 is 23.8 Å². The number of thiocarbonyl (C=S) groups is 1. The van der Waals surface area contributed by atoms with E-state index in [9.17, 15) is 9.59 Å². The van der Waals surface area contributed by atoms with E-state index in [0.29, 0.717) is 21.7 Å². The highest BCUT2D eigenvalue weighted by atomic mass is 79.9. The highest BCUT2D eigenvalue weighted by molar-refractivity contribution is 9.11. The first-order valence-corrected chi connectivity index (χ1v) is 11.1. The Bertz CT molecular complexity index is 1020. The summed E-state index contributed by atoms with van der Waals surface area (Å²) in [5.74, 6) is 0.734. The summed E-state index contributed by atoms with van der Waals surface area (Å²) in [5.41, 5.74) is 6.40. The van der Waals surface area contributed by atoms with Crippen LogP contribution >= 0.6 is 44.1 Å². The second-order valence-corrected chi connectivity index (χ2v) is 8.44. The second kappa shape index (κ2) is 12.4. The Kier molecular flexibility index (Phi) is 9.95. The predicted molar refractivity (Wildman–Crippen MR) is 133 cm³/mol. The molecule has 0 saturated carbocycles. The standard InChI is InChI=1S/C21H21Br2N3O5S/c1-12-8-14(22)10-15(23)20(12)31-11-19(28)25-26-21(32)24-18(27)7-5-13-4-6-16(29-2)17(9-13)30-3/h4-10H,11H2,1-3H3,(H,25,28)(H2,24,26,27,32). The van der Waals surface area contributed by atoms with Crippen LogP contribution in [0.1, 0.15) is 11.1 Å². The third kappa shape index (κ3) is 7.81. The van der Waals surface area contributed by atoms with E-state index < -0.39 is 11.8 Å². The highest BCUT2D eigenvalue weighted by Crippen LogP contribution is 2.32. The summed E-state index contributed by atoms with van der Waals surface area (Å²) in [6.45, 7) is 1.62. The summed E-state index contributed by atoms with van der Waals surface area (Å²) in [4.78, 5) is 24.0. The van der Waals surface area contributed by atoms with Gasteiger partial charge in [0.25, 0.3) is 5.91 Å². The van der Waals surface area contributed by atoms with Crippen molar-refractivity contribution in [1.82, 2.24) is 16.2 Å². The van der Waals surface area contributed by atoms with Crippen molar-refractivity contribution >= 4 is 67.1 Å². The van der Waals surface area contributed by atoms with Crippen LogP contribution < -0.4 is 30.4 Å². The largest absolute Gasteiger partial charge is 0.493 e. The fourth-order valence-corrected chi connectivity index (χ4v) is 4.19. The van der Waals surface area contributed by atoms with E-state index in [4.69, 9.17) is 26.4 Å². The number of amides is 2. The van der Waals surface area contributed by atoms with Crippen molar-refractivity contribution in [3.63, 3.8) is 0 Å². The third-order valence-corrected chi connectivity index (χ3v) is 5.18. The van der Waals surface area contributed by atoms with E-state index >= 15 is 0 Å². The molecule has 0 aliphatic carbocycles. The summed E-state index contributed by atoms with van der Waals surface area (Å²) >= 11 is 11.8. The molecule has 0 aromatic heterocycles.